The summed E-state index contributed by atoms with van der Waals surface area (Å²) in [5.41, 5.74) is 8.73. The summed E-state index contributed by atoms with van der Waals surface area (Å²) in [6, 6.07) is 15.5. The summed E-state index contributed by atoms with van der Waals surface area (Å²) >= 11 is 7.63. The molecule has 2 rings (SSSR count). The van der Waals surface area contributed by atoms with Crippen LogP contribution in [0, 0.1) is 0 Å². The van der Waals surface area contributed by atoms with Crippen molar-refractivity contribution in [3.63, 3.8) is 0 Å². The quantitative estimate of drug-likeness (QED) is 0.381. The van der Waals surface area contributed by atoms with Crippen LogP contribution in [0.25, 0.3) is 0 Å². The fourth-order valence-electron chi connectivity index (χ4n) is 1.81. The second kappa shape index (κ2) is 7.22. The van der Waals surface area contributed by atoms with Crippen molar-refractivity contribution in [3.05, 3.63) is 70.2 Å². The van der Waals surface area contributed by atoms with Crippen LogP contribution in [0.3, 0.4) is 0 Å². The predicted molar refractivity (Wildman–Crippen MR) is 85.4 cm³/mol. The number of rotatable bonds is 5. The number of thioether (sulfide) groups is 1. The Hall–Kier alpha value is -1.65. The Balaban J connectivity index is 1.99. The highest BCUT2D eigenvalue weighted by atomic mass is 35.5. The van der Waals surface area contributed by atoms with Crippen molar-refractivity contribution in [2.45, 2.75) is 11.5 Å². The van der Waals surface area contributed by atoms with Gasteiger partial charge in [-0.1, -0.05) is 53.2 Å². The number of hydrogen-bond donors (Lipinski definition) is 2. The third-order valence-electron chi connectivity index (χ3n) is 2.84. The van der Waals surface area contributed by atoms with E-state index in [1.165, 1.54) is 5.56 Å². The van der Waals surface area contributed by atoms with Gasteiger partial charge in [0.15, 0.2) is 5.84 Å². The highest BCUT2D eigenvalue weighted by Gasteiger charge is 2.06. The summed E-state index contributed by atoms with van der Waals surface area (Å²) in [5.74, 6) is 1.84. The largest absolute Gasteiger partial charge is 0.409 e. The molecule has 104 valence electrons. The van der Waals surface area contributed by atoms with E-state index in [0.29, 0.717) is 0 Å². The van der Waals surface area contributed by atoms with Gasteiger partial charge in [0.25, 0.3) is 0 Å². The van der Waals surface area contributed by atoms with Gasteiger partial charge in [-0.25, -0.2) is 0 Å². The number of oxime groups is 1. The van der Waals surface area contributed by atoms with E-state index >= 15 is 0 Å². The highest BCUT2D eigenvalue weighted by molar-refractivity contribution is 7.97. The van der Waals surface area contributed by atoms with Gasteiger partial charge in [-0.15, -0.1) is 0 Å². The molecular weight excluding hydrogens is 292 g/mol. The van der Waals surface area contributed by atoms with E-state index in [1.807, 2.05) is 48.5 Å². The number of halogens is 1. The molecule has 0 atom stereocenters. The van der Waals surface area contributed by atoms with Gasteiger partial charge in [-0.05, 0) is 23.3 Å². The first-order valence-corrected chi connectivity index (χ1v) is 7.62. The van der Waals surface area contributed by atoms with Gasteiger partial charge in [-0.3, -0.25) is 0 Å². The molecular formula is C15H15ClN2OS. The number of amidine groups is 1. The van der Waals surface area contributed by atoms with Gasteiger partial charge >= 0.3 is 0 Å². The van der Waals surface area contributed by atoms with Gasteiger partial charge in [0.05, 0.1) is 0 Å². The third-order valence-corrected chi connectivity index (χ3v) is 4.15. The lowest BCUT2D eigenvalue weighted by molar-refractivity contribution is 0.318. The third kappa shape index (κ3) is 3.92. The lowest BCUT2D eigenvalue weighted by Gasteiger charge is -2.08. The van der Waals surface area contributed by atoms with Crippen molar-refractivity contribution in [1.82, 2.24) is 0 Å². The molecule has 0 saturated carbocycles. The number of nitrogens with two attached hydrogens (primary N) is 1. The predicted octanol–water partition coefficient (Wildman–Crippen LogP) is 3.87. The topological polar surface area (TPSA) is 58.6 Å². The Labute approximate surface area is 127 Å². The molecule has 0 fully saturated rings. The summed E-state index contributed by atoms with van der Waals surface area (Å²) < 4.78 is 0. The fraction of sp³-hybridized carbons (Fsp3) is 0.133. The van der Waals surface area contributed by atoms with E-state index < -0.39 is 0 Å². The molecule has 0 aliphatic carbocycles. The van der Waals surface area contributed by atoms with Crippen molar-refractivity contribution in [3.8, 4) is 0 Å². The van der Waals surface area contributed by atoms with E-state index in [1.54, 1.807) is 11.8 Å². The van der Waals surface area contributed by atoms with Crippen LogP contribution >= 0.6 is 23.4 Å². The molecule has 0 saturated heterocycles. The van der Waals surface area contributed by atoms with Gasteiger partial charge in [-0.2, -0.15) is 11.8 Å². The fourth-order valence-corrected chi connectivity index (χ4v) is 2.94. The van der Waals surface area contributed by atoms with Crippen molar-refractivity contribution in [2.75, 3.05) is 0 Å². The van der Waals surface area contributed by atoms with E-state index in [4.69, 9.17) is 22.5 Å². The summed E-state index contributed by atoms with van der Waals surface area (Å²) in [5, 5.41) is 12.6. The first-order chi connectivity index (χ1) is 9.70. The molecule has 0 heterocycles. The molecule has 0 amide bonds. The minimum absolute atomic E-state index is 0.146. The smallest absolute Gasteiger partial charge is 0.170 e. The molecule has 3 nitrogen and oxygen atoms in total. The molecule has 0 bridgehead atoms. The molecule has 3 N–H and O–H groups in total. The Morgan fingerprint density at radius 2 is 1.80 bits per heavy atom. The average Bonchev–Trinajstić information content (AvgIpc) is 2.49. The van der Waals surface area contributed by atoms with Crippen molar-refractivity contribution in [2.24, 2.45) is 10.9 Å². The molecule has 0 radical (unpaired) electrons. The van der Waals surface area contributed by atoms with E-state index in [-0.39, 0.29) is 5.84 Å². The number of nitrogens with zero attached hydrogens (tertiary/aromatic N) is 1. The number of benzene rings is 2. The summed E-state index contributed by atoms with van der Waals surface area (Å²) in [4.78, 5) is 0. The Morgan fingerprint density at radius 1 is 1.10 bits per heavy atom. The second-order valence-corrected chi connectivity index (χ2v) is 5.68. The first-order valence-electron chi connectivity index (χ1n) is 6.08. The van der Waals surface area contributed by atoms with Crippen molar-refractivity contribution in [1.29, 1.82) is 0 Å². The summed E-state index contributed by atoms with van der Waals surface area (Å²) in [6.45, 7) is 0. The van der Waals surface area contributed by atoms with Crippen LogP contribution in [-0.2, 0) is 11.5 Å². The zero-order chi connectivity index (χ0) is 14.4. The van der Waals surface area contributed by atoms with Gasteiger partial charge in [0.2, 0.25) is 0 Å². The lowest BCUT2D eigenvalue weighted by atomic mass is 10.1. The molecule has 0 spiro atoms. The molecule has 0 aromatic heterocycles. The van der Waals surface area contributed by atoms with Crippen LogP contribution in [0.4, 0.5) is 0 Å². The number of hydrogen-bond acceptors (Lipinski definition) is 3. The second-order valence-electron chi connectivity index (χ2n) is 4.26. The van der Waals surface area contributed by atoms with Gasteiger partial charge in [0, 0.05) is 22.1 Å². The Kier molecular flexibility index (Phi) is 5.32. The standard InChI is InChI=1S/C15H15ClN2OS/c16-13-7-5-11(6-8-13)9-20-10-12-3-1-2-4-14(12)15(17)18-19/h1-8,19H,9-10H2,(H2,17,18). The monoisotopic (exact) mass is 306 g/mol. The van der Waals surface area contributed by atoms with Crippen LogP contribution in [0.5, 0.6) is 0 Å². The molecule has 2 aromatic rings. The normalized spacial score (nSPS) is 11.6. The van der Waals surface area contributed by atoms with Gasteiger partial charge in [0.1, 0.15) is 0 Å². The van der Waals surface area contributed by atoms with Crippen LogP contribution < -0.4 is 5.73 Å². The van der Waals surface area contributed by atoms with E-state index in [0.717, 1.165) is 27.7 Å². The molecule has 0 aliphatic heterocycles. The lowest BCUT2D eigenvalue weighted by Crippen LogP contribution is -2.15. The van der Waals surface area contributed by atoms with Gasteiger partial charge < -0.3 is 10.9 Å². The van der Waals surface area contributed by atoms with Crippen molar-refractivity contribution >= 4 is 29.2 Å². The average molecular weight is 307 g/mol. The van der Waals surface area contributed by atoms with E-state index in [2.05, 4.69) is 5.16 Å². The summed E-state index contributed by atoms with van der Waals surface area (Å²) in [6.07, 6.45) is 0. The minimum Gasteiger partial charge on any atom is -0.409 e. The van der Waals surface area contributed by atoms with E-state index in [9.17, 15) is 0 Å². The Morgan fingerprint density at radius 3 is 2.50 bits per heavy atom. The minimum atomic E-state index is 0.146. The van der Waals surface area contributed by atoms with Crippen molar-refractivity contribution < 1.29 is 5.21 Å². The van der Waals surface area contributed by atoms with Crippen LogP contribution in [0.2, 0.25) is 5.02 Å². The SMILES string of the molecule is N/C(=N/O)c1ccccc1CSCc1ccc(Cl)cc1. The zero-order valence-corrected chi connectivity index (χ0v) is 12.4. The Bertz CT molecular complexity index is 599. The first kappa shape index (κ1) is 14.8. The molecule has 2 aromatic carbocycles. The molecule has 5 heteroatoms. The molecule has 0 unspecified atom stereocenters. The van der Waals surface area contributed by atoms with Crippen LogP contribution in [-0.4, -0.2) is 11.0 Å². The zero-order valence-electron chi connectivity index (χ0n) is 10.8. The van der Waals surface area contributed by atoms with Crippen LogP contribution in [0.15, 0.2) is 53.7 Å². The maximum absolute atomic E-state index is 8.79. The summed E-state index contributed by atoms with van der Waals surface area (Å²) in [7, 11) is 0. The maximum Gasteiger partial charge on any atom is 0.170 e. The molecule has 20 heavy (non-hydrogen) atoms. The maximum atomic E-state index is 8.79. The molecule has 0 aliphatic rings. The highest BCUT2D eigenvalue weighted by Crippen LogP contribution is 2.21. The van der Waals surface area contributed by atoms with Crippen LogP contribution in [0.1, 0.15) is 16.7 Å².